The predicted molar refractivity (Wildman–Crippen MR) is 98.0 cm³/mol. The molecule has 1 aliphatic heterocycles. The van der Waals surface area contributed by atoms with Gasteiger partial charge in [0.1, 0.15) is 5.60 Å². The van der Waals surface area contributed by atoms with E-state index < -0.39 is 5.60 Å². The summed E-state index contributed by atoms with van der Waals surface area (Å²) in [7, 11) is 0. The van der Waals surface area contributed by atoms with Crippen molar-refractivity contribution in [1.29, 1.82) is 0 Å². The van der Waals surface area contributed by atoms with Crippen molar-refractivity contribution in [2.45, 2.75) is 32.0 Å². The van der Waals surface area contributed by atoms with E-state index in [0.29, 0.717) is 31.6 Å². The molecule has 0 spiro atoms. The number of hydrogen-bond acceptors (Lipinski definition) is 5. The third kappa shape index (κ3) is 4.15. The molecule has 6 heteroatoms. The molecular weight excluding hydrogens is 336 g/mol. The number of thiophene rings is 1. The highest BCUT2D eigenvalue weighted by Crippen LogP contribution is 2.31. The summed E-state index contributed by atoms with van der Waals surface area (Å²) in [5.41, 5.74) is 1.63. The zero-order chi connectivity index (χ0) is 17.9. The summed E-state index contributed by atoms with van der Waals surface area (Å²) in [6, 6.07) is 5.68. The second-order valence-electron chi connectivity index (χ2n) is 6.43. The Bertz CT molecular complexity index is 759. The molecule has 0 radical (unpaired) electrons. The van der Waals surface area contributed by atoms with Gasteiger partial charge in [0, 0.05) is 30.2 Å². The molecule has 2 aromatic rings. The Balaban J connectivity index is 1.59. The van der Waals surface area contributed by atoms with E-state index in [9.17, 15) is 9.90 Å². The molecule has 0 unspecified atom stereocenters. The molecule has 1 aliphatic rings. The monoisotopic (exact) mass is 358 g/mol. The molecule has 132 valence electrons. The molecule has 2 aromatic heterocycles. The summed E-state index contributed by atoms with van der Waals surface area (Å²) in [4.78, 5) is 19.4. The van der Waals surface area contributed by atoms with Crippen LogP contribution in [0.5, 0.6) is 0 Å². The first-order valence-corrected chi connectivity index (χ1v) is 9.19. The lowest BCUT2D eigenvalue weighted by molar-refractivity contribution is -0.130. The van der Waals surface area contributed by atoms with E-state index in [1.807, 2.05) is 30.5 Å². The van der Waals surface area contributed by atoms with Crippen LogP contribution in [0, 0.1) is 6.92 Å². The van der Waals surface area contributed by atoms with E-state index in [1.165, 1.54) is 11.3 Å². The average Bonchev–Trinajstić information content (AvgIpc) is 3.09. The average molecular weight is 358 g/mol. The Kier molecular flexibility index (Phi) is 5.32. The van der Waals surface area contributed by atoms with Gasteiger partial charge in [-0.2, -0.15) is 0 Å². The first-order chi connectivity index (χ1) is 12.0. The van der Waals surface area contributed by atoms with Crippen LogP contribution in [0.15, 0.2) is 35.9 Å². The van der Waals surface area contributed by atoms with Crippen molar-refractivity contribution >= 4 is 23.3 Å². The van der Waals surface area contributed by atoms with Crippen LogP contribution in [0.1, 0.15) is 34.5 Å². The Morgan fingerprint density at radius 1 is 1.40 bits per heavy atom. The van der Waals surface area contributed by atoms with Crippen molar-refractivity contribution in [3.8, 4) is 0 Å². The van der Waals surface area contributed by atoms with Crippen molar-refractivity contribution < 1.29 is 15.0 Å². The number of amides is 1. The van der Waals surface area contributed by atoms with E-state index in [2.05, 4.69) is 4.98 Å². The first-order valence-electron chi connectivity index (χ1n) is 8.31. The Labute approximate surface area is 151 Å². The fraction of sp³-hybridized carbons (Fsp3) is 0.368. The molecule has 5 nitrogen and oxygen atoms in total. The number of carbonyl (C=O) groups excluding carboxylic acids is 1. The van der Waals surface area contributed by atoms with E-state index in [4.69, 9.17) is 5.11 Å². The summed E-state index contributed by atoms with van der Waals surface area (Å²) in [5, 5.41) is 21.8. The lowest BCUT2D eigenvalue weighted by Gasteiger charge is -2.37. The number of hydrogen-bond donors (Lipinski definition) is 2. The van der Waals surface area contributed by atoms with E-state index in [0.717, 1.165) is 16.0 Å². The SMILES string of the molecule is Cc1ccc(C2(O)CCN(C(=O)/C=C/c3cc(CO)cs3)CC2)nc1. The Hall–Kier alpha value is -2.02. The lowest BCUT2D eigenvalue weighted by atomic mass is 9.87. The van der Waals surface area contributed by atoms with Gasteiger partial charge in [-0.3, -0.25) is 9.78 Å². The van der Waals surface area contributed by atoms with Crippen molar-refractivity contribution in [3.63, 3.8) is 0 Å². The fourth-order valence-corrected chi connectivity index (χ4v) is 3.72. The highest BCUT2D eigenvalue weighted by molar-refractivity contribution is 7.11. The lowest BCUT2D eigenvalue weighted by Crippen LogP contribution is -2.45. The number of piperidine rings is 1. The molecule has 0 aliphatic carbocycles. The number of carbonyl (C=O) groups is 1. The second-order valence-corrected chi connectivity index (χ2v) is 7.37. The number of aliphatic hydroxyl groups is 2. The number of aliphatic hydroxyl groups excluding tert-OH is 1. The van der Waals surface area contributed by atoms with Gasteiger partial charge in [0.25, 0.3) is 0 Å². The van der Waals surface area contributed by atoms with Crippen molar-refractivity contribution in [1.82, 2.24) is 9.88 Å². The number of aryl methyl sites for hydroxylation is 1. The van der Waals surface area contributed by atoms with E-state index in [1.54, 1.807) is 23.2 Å². The number of aromatic nitrogens is 1. The molecule has 0 atom stereocenters. The maximum atomic E-state index is 12.3. The number of nitrogens with zero attached hydrogens (tertiary/aromatic N) is 2. The summed E-state index contributed by atoms with van der Waals surface area (Å²) in [6.07, 6.45) is 6.05. The van der Waals surface area contributed by atoms with Crippen molar-refractivity contribution in [2.75, 3.05) is 13.1 Å². The number of likely N-dealkylation sites (tertiary alicyclic amines) is 1. The van der Waals surface area contributed by atoms with Gasteiger partial charge in [-0.15, -0.1) is 11.3 Å². The van der Waals surface area contributed by atoms with Gasteiger partial charge < -0.3 is 15.1 Å². The van der Waals surface area contributed by atoms with Gasteiger partial charge in [-0.1, -0.05) is 6.07 Å². The minimum atomic E-state index is -0.960. The second kappa shape index (κ2) is 7.47. The summed E-state index contributed by atoms with van der Waals surface area (Å²) < 4.78 is 0. The summed E-state index contributed by atoms with van der Waals surface area (Å²) in [6.45, 7) is 2.98. The van der Waals surface area contributed by atoms with E-state index in [-0.39, 0.29) is 12.5 Å². The van der Waals surface area contributed by atoms with Gasteiger partial charge in [0.15, 0.2) is 0 Å². The number of pyridine rings is 1. The predicted octanol–water partition coefficient (Wildman–Crippen LogP) is 2.47. The molecule has 1 saturated heterocycles. The summed E-state index contributed by atoms with van der Waals surface area (Å²) >= 11 is 1.50. The Morgan fingerprint density at radius 2 is 2.16 bits per heavy atom. The Morgan fingerprint density at radius 3 is 2.76 bits per heavy atom. The minimum Gasteiger partial charge on any atom is -0.392 e. The zero-order valence-corrected chi connectivity index (χ0v) is 15.0. The first kappa shape index (κ1) is 17.8. The fourth-order valence-electron chi connectivity index (χ4n) is 2.92. The highest BCUT2D eigenvalue weighted by Gasteiger charge is 2.36. The molecule has 0 saturated carbocycles. The van der Waals surface area contributed by atoms with Gasteiger partial charge >= 0.3 is 0 Å². The van der Waals surface area contributed by atoms with Crippen LogP contribution in [0.2, 0.25) is 0 Å². The minimum absolute atomic E-state index is 0.00996. The molecule has 0 aromatic carbocycles. The zero-order valence-electron chi connectivity index (χ0n) is 14.2. The normalized spacial score (nSPS) is 17.2. The van der Waals surface area contributed by atoms with Gasteiger partial charge in [0.2, 0.25) is 5.91 Å². The van der Waals surface area contributed by atoms with Crippen LogP contribution in [-0.2, 0) is 17.0 Å². The van der Waals surface area contributed by atoms with Crippen LogP contribution in [0.3, 0.4) is 0 Å². The molecule has 3 rings (SSSR count). The van der Waals surface area contributed by atoms with Crippen LogP contribution in [0.4, 0.5) is 0 Å². The van der Waals surface area contributed by atoms with E-state index >= 15 is 0 Å². The maximum absolute atomic E-state index is 12.3. The van der Waals surface area contributed by atoms with Gasteiger partial charge in [0.05, 0.1) is 12.3 Å². The summed E-state index contributed by atoms with van der Waals surface area (Å²) in [5.74, 6) is -0.0575. The molecule has 0 bridgehead atoms. The van der Waals surface area contributed by atoms with Crippen LogP contribution >= 0.6 is 11.3 Å². The molecular formula is C19H22N2O3S. The maximum Gasteiger partial charge on any atom is 0.246 e. The molecule has 1 amide bonds. The molecule has 3 heterocycles. The number of rotatable bonds is 4. The van der Waals surface area contributed by atoms with Gasteiger partial charge in [-0.05, 0) is 54.5 Å². The largest absolute Gasteiger partial charge is 0.392 e. The smallest absolute Gasteiger partial charge is 0.246 e. The van der Waals surface area contributed by atoms with Gasteiger partial charge in [-0.25, -0.2) is 0 Å². The topological polar surface area (TPSA) is 73.7 Å². The third-order valence-electron chi connectivity index (χ3n) is 4.54. The quantitative estimate of drug-likeness (QED) is 0.824. The van der Waals surface area contributed by atoms with Crippen LogP contribution < -0.4 is 0 Å². The third-order valence-corrected chi connectivity index (χ3v) is 5.48. The highest BCUT2D eigenvalue weighted by atomic mass is 32.1. The molecule has 2 N–H and O–H groups in total. The standard InChI is InChI=1S/C19H22N2O3S/c1-14-2-4-17(20-11-14)19(24)6-8-21(9-7-19)18(23)5-3-16-10-15(12-22)13-25-16/h2-5,10-11,13,22,24H,6-9,12H2,1H3/b5-3+. The molecule has 25 heavy (non-hydrogen) atoms. The van der Waals surface area contributed by atoms with Crippen LogP contribution in [-0.4, -0.2) is 39.1 Å². The van der Waals surface area contributed by atoms with Crippen LogP contribution in [0.25, 0.3) is 6.08 Å². The van der Waals surface area contributed by atoms with Crippen molar-refractivity contribution in [3.05, 3.63) is 57.6 Å². The molecule has 1 fully saturated rings. The van der Waals surface area contributed by atoms with Crippen molar-refractivity contribution in [2.24, 2.45) is 0 Å².